The van der Waals surface area contributed by atoms with Crippen LogP contribution in [0.15, 0.2) is 53.1 Å². The van der Waals surface area contributed by atoms with Crippen molar-refractivity contribution in [3.8, 4) is 0 Å². The Bertz CT molecular complexity index is 1030. The molecule has 2 aliphatic rings. The Kier molecular flexibility index (Phi) is 7.98. The Labute approximate surface area is 201 Å². The van der Waals surface area contributed by atoms with Gasteiger partial charge in [0.05, 0.1) is 16.5 Å². The predicted octanol–water partition coefficient (Wildman–Crippen LogP) is 4.25. The van der Waals surface area contributed by atoms with E-state index in [2.05, 4.69) is 28.0 Å². The van der Waals surface area contributed by atoms with Gasteiger partial charge in [0.1, 0.15) is 6.29 Å². The minimum absolute atomic E-state index is 0.146. The predicted molar refractivity (Wildman–Crippen MR) is 136 cm³/mol. The second-order valence-corrected chi connectivity index (χ2v) is 11.0. The topological polar surface area (TPSA) is 97.1 Å². The van der Waals surface area contributed by atoms with Crippen LogP contribution in [0.1, 0.15) is 47.0 Å². The number of rotatable bonds is 6. The van der Waals surface area contributed by atoms with E-state index in [-0.39, 0.29) is 11.3 Å². The lowest BCUT2D eigenvalue weighted by atomic mass is 9.62. The monoisotopic (exact) mass is 468 g/mol. The number of pyridine rings is 1. The van der Waals surface area contributed by atoms with Crippen molar-refractivity contribution in [1.82, 2.24) is 15.0 Å². The molecule has 4 atom stereocenters. The maximum Gasteiger partial charge on any atom is 0.223 e. The average molecular weight is 469 g/mol. The van der Waals surface area contributed by atoms with Crippen LogP contribution in [0, 0.1) is 17.3 Å². The van der Waals surface area contributed by atoms with E-state index in [1.807, 2.05) is 58.2 Å². The Balaban J connectivity index is 0.000000186. The van der Waals surface area contributed by atoms with Crippen molar-refractivity contribution in [2.24, 2.45) is 23.0 Å². The van der Waals surface area contributed by atoms with Crippen LogP contribution < -0.4 is 15.8 Å². The van der Waals surface area contributed by atoms with Gasteiger partial charge in [-0.1, -0.05) is 43.7 Å². The van der Waals surface area contributed by atoms with Crippen LogP contribution in [0.25, 0.3) is 10.9 Å². The zero-order valence-electron chi connectivity index (χ0n) is 20.2. The second-order valence-electron chi connectivity index (χ2n) is 10.1. The highest BCUT2D eigenvalue weighted by Crippen LogP contribution is 2.47. The standard InChI is InChI=1S/C13H14N2OS.C13H22N2O/c1-13(2,9-16)15-17-11-7-3-5-10-6-4-8-14-12(10)11;1-8-4-9-5-10(11(8)15-3)7-13(2,6-9)12(14)16/h3-9,15H,1-2H3;4,8,10-11,15H,5-7H2,1-3H3,(H2,14,16). The summed E-state index contributed by atoms with van der Waals surface area (Å²) in [6.07, 6.45) is 7.93. The highest BCUT2D eigenvalue weighted by molar-refractivity contribution is 7.97. The van der Waals surface area contributed by atoms with E-state index in [0.29, 0.717) is 17.9 Å². The largest absolute Gasteiger partial charge is 0.369 e. The van der Waals surface area contributed by atoms with E-state index in [1.54, 1.807) is 6.20 Å². The van der Waals surface area contributed by atoms with Crippen molar-refractivity contribution in [2.75, 3.05) is 7.05 Å². The Morgan fingerprint density at radius 2 is 2.03 bits per heavy atom. The van der Waals surface area contributed by atoms with Gasteiger partial charge in [0, 0.05) is 22.5 Å². The van der Waals surface area contributed by atoms with Crippen molar-refractivity contribution in [3.05, 3.63) is 48.2 Å². The van der Waals surface area contributed by atoms with E-state index in [9.17, 15) is 9.59 Å². The lowest BCUT2D eigenvalue weighted by Crippen LogP contribution is -2.49. The molecule has 4 unspecified atom stereocenters. The first kappa shape index (κ1) is 25.4. The van der Waals surface area contributed by atoms with Crippen LogP contribution in [0.2, 0.25) is 0 Å². The quantitative estimate of drug-likeness (QED) is 0.333. The van der Waals surface area contributed by atoms with E-state index >= 15 is 0 Å². The summed E-state index contributed by atoms with van der Waals surface area (Å²) in [6, 6.07) is 10.4. The summed E-state index contributed by atoms with van der Waals surface area (Å²) in [7, 11) is 2.01. The molecule has 6 nitrogen and oxygen atoms in total. The number of nitrogens with two attached hydrogens (primary N) is 1. The summed E-state index contributed by atoms with van der Waals surface area (Å²) in [5.41, 5.74) is 7.05. The number of primary amides is 1. The third-order valence-corrected chi connectivity index (χ3v) is 7.85. The first-order chi connectivity index (χ1) is 15.6. The molecule has 0 saturated heterocycles. The number of fused-ring (bicyclic) bond motifs is 3. The van der Waals surface area contributed by atoms with Gasteiger partial charge < -0.3 is 15.8 Å². The number of hydrogen-bond acceptors (Lipinski definition) is 6. The number of nitrogens with zero attached hydrogens (tertiary/aromatic N) is 1. The molecule has 33 heavy (non-hydrogen) atoms. The number of allylic oxidation sites excluding steroid dienone is 1. The zero-order chi connectivity index (χ0) is 24.2. The molecule has 2 aromatic rings. The molecule has 178 valence electrons. The molecular weight excluding hydrogens is 432 g/mol. The van der Waals surface area contributed by atoms with Gasteiger partial charge in [-0.05, 0) is 76.1 Å². The fraction of sp³-hybridized carbons (Fsp3) is 0.500. The van der Waals surface area contributed by atoms with Crippen LogP contribution in [0.3, 0.4) is 0 Å². The third kappa shape index (κ3) is 6.02. The van der Waals surface area contributed by atoms with Crippen LogP contribution in [-0.4, -0.2) is 35.8 Å². The lowest BCUT2D eigenvalue weighted by Gasteiger charge is -2.45. The van der Waals surface area contributed by atoms with Crippen LogP contribution in [-0.2, 0) is 9.59 Å². The summed E-state index contributed by atoms with van der Waals surface area (Å²) in [5, 5.41) is 4.49. The molecular formula is C26H36N4O2S. The van der Waals surface area contributed by atoms with E-state index in [0.717, 1.165) is 41.3 Å². The number of amides is 1. The van der Waals surface area contributed by atoms with E-state index in [4.69, 9.17) is 5.73 Å². The highest BCUT2D eigenvalue weighted by atomic mass is 32.2. The third-order valence-electron chi connectivity index (χ3n) is 6.67. The van der Waals surface area contributed by atoms with Gasteiger partial charge >= 0.3 is 0 Å². The number of aromatic nitrogens is 1. The molecule has 1 amide bonds. The van der Waals surface area contributed by atoms with Gasteiger partial charge in [-0.15, -0.1) is 0 Å². The number of carbonyl (C=O) groups is 2. The fourth-order valence-electron chi connectivity index (χ4n) is 4.97. The minimum atomic E-state index is -0.540. The van der Waals surface area contributed by atoms with Crippen molar-refractivity contribution in [3.63, 3.8) is 0 Å². The summed E-state index contributed by atoms with van der Waals surface area (Å²) < 4.78 is 3.13. The molecule has 1 fully saturated rings. The number of hydrogen-bond donors (Lipinski definition) is 3. The summed E-state index contributed by atoms with van der Waals surface area (Å²) in [5.74, 6) is 0.981. The number of aldehydes is 1. The molecule has 0 radical (unpaired) electrons. The number of nitrogens with one attached hydrogen (secondary N) is 2. The molecule has 2 aliphatic carbocycles. The molecule has 2 bridgehead atoms. The summed E-state index contributed by atoms with van der Waals surface area (Å²) in [6.45, 7) is 7.94. The van der Waals surface area contributed by atoms with Crippen LogP contribution in [0.4, 0.5) is 0 Å². The zero-order valence-corrected chi connectivity index (χ0v) is 21.0. The number of para-hydroxylation sites is 1. The Hall–Kier alpha value is -2.22. The first-order valence-electron chi connectivity index (χ1n) is 11.5. The van der Waals surface area contributed by atoms with Crippen molar-refractivity contribution < 1.29 is 9.59 Å². The lowest BCUT2D eigenvalue weighted by molar-refractivity contribution is -0.128. The van der Waals surface area contributed by atoms with Crippen molar-refractivity contribution >= 4 is 35.0 Å². The summed E-state index contributed by atoms with van der Waals surface area (Å²) in [4.78, 5) is 27.8. The van der Waals surface area contributed by atoms with Crippen LogP contribution >= 0.6 is 11.9 Å². The number of carbonyl (C=O) groups excluding carboxylic acids is 2. The molecule has 1 aromatic carbocycles. The maximum atomic E-state index is 11.6. The Morgan fingerprint density at radius 1 is 1.30 bits per heavy atom. The second kappa shape index (κ2) is 10.4. The van der Waals surface area contributed by atoms with Crippen molar-refractivity contribution in [2.45, 2.75) is 63.4 Å². The van der Waals surface area contributed by atoms with Gasteiger partial charge in [0.15, 0.2) is 0 Å². The van der Waals surface area contributed by atoms with Crippen LogP contribution in [0.5, 0.6) is 0 Å². The summed E-state index contributed by atoms with van der Waals surface area (Å²) >= 11 is 1.44. The van der Waals surface area contributed by atoms with Gasteiger partial charge in [-0.3, -0.25) is 9.78 Å². The number of benzene rings is 1. The molecule has 1 saturated carbocycles. The molecule has 1 aromatic heterocycles. The minimum Gasteiger partial charge on any atom is -0.369 e. The van der Waals surface area contributed by atoms with Gasteiger partial charge in [0.2, 0.25) is 5.91 Å². The molecule has 4 rings (SSSR count). The fourth-order valence-corrected chi connectivity index (χ4v) is 5.81. The van der Waals surface area contributed by atoms with Crippen molar-refractivity contribution in [1.29, 1.82) is 0 Å². The molecule has 7 heteroatoms. The van der Waals surface area contributed by atoms with E-state index in [1.165, 1.54) is 17.5 Å². The smallest absolute Gasteiger partial charge is 0.223 e. The maximum absolute atomic E-state index is 11.6. The average Bonchev–Trinajstić information content (AvgIpc) is 2.78. The SMILES string of the molecule is CC(C)(C=O)NSc1cccc2cccnc12.CNC1C(C)C=C2CC1CC(C)(C(N)=O)C2. The van der Waals surface area contributed by atoms with Gasteiger partial charge in [-0.2, -0.15) is 0 Å². The highest BCUT2D eigenvalue weighted by Gasteiger charge is 2.44. The molecule has 0 spiro atoms. The van der Waals surface area contributed by atoms with Gasteiger partial charge in [0.25, 0.3) is 0 Å². The first-order valence-corrected chi connectivity index (χ1v) is 12.3. The Morgan fingerprint density at radius 3 is 2.70 bits per heavy atom. The van der Waals surface area contributed by atoms with E-state index < -0.39 is 5.54 Å². The van der Waals surface area contributed by atoms with Gasteiger partial charge in [-0.25, -0.2) is 4.72 Å². The molecule has 1 heterocycles. The molecule has 0 aliphatic heterocycles. The normalized spacial score (nSPS) is 26.7. The molecule has 4 N–H and O–H groups in total.